The van der Waals surface area contributed by atoms with E-state index in [0.29, 0.717) is 47.6 Å². The van der Waals surface area contributed by atoms with Crippen LogP contribution in [0.25, 0.3) is 0 Å². The van der Waals surface area contributed by atoms with Gasteiger partial charge in [-0.2, -0.15) is 0 Å². The zero-order chi connectivity index (χ0) is 49.0. The minimum absolute atomic E-state index is 0. The summed E-state index contributed by atoms with van der Waals surface area (Å²) in [4.78, 5) is 61.8. The second-order valence-corrected chi connectivity index (χ2v) is 14.3. The fraction of sp³-hybridized carbons (Fsp3) is 0.462. The molecule has 0 atom stereocenters. The molecule has 4 rings (SSSR count). The molecule has 12 nitrogen and oxygen atoms in total. The van der Waals surface area contributed by atoms with E-state index < -0.39 is 35.8 Å². The van der Waals surface area contributed by atoms with Crippen LogP contribution in [-0.4, -0.2) is 83.6 Å². The summed E-state index contributed by atoms with van der Waals surface area (Å²) in [6.45, 7) is 22.9. The Kier molecular flexibility index (Phi) is 54.4. The molecule has 2 aromatic carbocycles. The van der Waals surface area contributed by atoms with Gasteiger partial charge < -0.3 is 49.1 Å². The van der Waals surface area contributed by atoms with Gasteiger partial charge in [0.15, 0.2) is 0 Å². The average Bonchev–Trinajstić information content (AvgIpc) is 3.31. The maximum Gasteiger partial charge on any atom is 2.00 e. The topological polar surface area (TPSA) is 213 Å². The molecule has 66 heavy (non-hydrogen) atoms. The number of benzene rings is 2. The summed E-state index contributed by atoms with van der Waals surface area (Å²) in [6.07, 6.45) is 25.4. The number of hydrogen-bond acceptors (Lipinski definition) is 12. The first-order valence-corrected chi connectivity index (χ1v) is 22.3. The Morgan fingerprint density at radius 1 is 0.439 bits per heavy atom. The van der Waals surface area contributed by atoms with E-state index in [2.05, 4.69) is 55.4 Å². The molecule has 2 aromatic rings. The number of rotatable bonds is 14. The summed E-state index contributed by atoms with van der Waals surface area (Å²) in [5, 5.41) is 39.2. The normalized spacial score (nSPS) is 12.8. The van der Waals surface area contributed by atoms with Crippen LogP contribution in [0.15, 0.2) is 85.0 Å². The summed E-state index contributed by atoms with van der Waals surface area (Å²) < 4.78 is 9.98. The van der Waals surface area contributed by atoms with Crippen LogP contribution in [0, 0.1) is 27.7 Å². The van der Waals surface area contributed by atoms with E-state index in [0.717, 1.165) is 37.8 Å². The van der Waals surface area contributed by atoms with Gasteiger partial charge in [0, 0.05) is 12.2 Å². The number of esters is 2. The summed E-state index contributed by atoms with van der Waals surface area (Å²) in [5.41, 5.74) is 2.55. The van der Waals surface area contributed by atoms with Gasteiger partial charge in [0.25, 0.3) is 0 Å². The van der Waals surface area contributed by atoms with E-state index in [4.69, 9.17) is 9.47 Å². The minimum atomic E-state index is -1.55. The molecule has 0 heterocycles. The Hall–Kier alpha value is -3.92. The standard InChI is InChI=1S/2C16H18O4.C4H4O4.4C4H9.2Sn/c2*17-15(18)10-11-16(19)20-14-8-6-13(7-9-14)12-4-2-1-3-5-12;5-3(6)1-2-4(7)8;4*1-3-4-2;;/h2*6-12H,1-5H2,(H,17,18);1-2H,(H,5,6)(H,7,8);4*1,3-4H2,2H3;;/q;;;;;;;2*+2/p-4/b2*11-10-;2-1-;;;;;;. The van der Waals surface area contributed by atoms with Gasteiger partial charge in [0.1, 0.15) is 11.5 Å². The summed E-state index contributed by atoms with van der Waals surface area (Å²) in [7, 11) is 0. The number of carbonyl (C=O) groups is 6. The third-order valence-electron chi connectivity index (χ3n) is 8.83. The van der Waals surface area contributed by atoms with Gasteiger partial charge in [0.05, 0.1) is 23.9 Å². The van der Waals surface area contributed by atoms with Crippen molar-refractivity contribution in [3.05, 3.63) is 124 Å². The van der Waals surface area contributed by atoms with Crippen molar-refractivity contribution in [2.24, 2.45) is 0 Å². The molecule has 2 fully saturated rings. The van der Waals surface area contributed by atoms with Gasteiger partial charge in [-0.05, 0) is 97.2 Å². The van der Waals surface area contributed by atoms with Crippen LogP contribution in [0.4, 0.5) is 0 Å². The minimum Gasteiger partial charge on any atom is -0.545 e. The molecule has 360 valence electrons. The van der Waals surface area contributed by atoms with Gasteiger partial charge in [-0.15, -0.1) is 0 Å². The number of ether oxygens (including phenoxy) is 2. The number of carbonyl (C=O) groups excluding carboxylic acids is 6. The van der Waals surface area contributed by atoms with Crippen molar-refractivity contribution in [1.82, 2.24) is 0 Å². The molecule has 2 aliphatic rings. The third kappa shape index (κ3) is 46.6. The van der Waals surface area contributed by atoms with Crippen LogP contribution in [-0.2, 0) is 28.8 Å². The Morgan fingerprint density at radius 2 is 0.652 bits per heavy atom. The molecule has 0 spiro atoms. The predicted molar refractivity (Wildman–Crippen MR) is 256 cm³/mol. The average molecular weight is 1130 g/mol. The molecule has 0 N–H and O–H groups in total. The Bertz CT molecular complexity index is 1470. The maximum atomic E-state index is 11.3. The molecule has 0 saturated heterocycles. The van der Waals surface area contributed by atoms with Crippen molar-refractivity contribution in [1.29, 1.82) is 0 Å². The Balaban J connectivity index is -0.000000250. The molecule has 2 aliphatic carbocycles. The predicted octanol–water partition coefficient (Wildman–Crippen LogP) is 6.65. The first kappa shape index (κ1) is 71.1. The van der Waals surface area contributed by atoms with Crippen molar-refractivity contribution in [3.63, 3.8) is 0 Å². The van der Waals surface area contributed by atoms with E-state index >= 15 is 0 Å². The second kappa shape index (κ2) is 50.5. The Morgan fingerprint density at radius 3 is 0.848 bits per heavy atom. The third-order valence-corrected chi connectivity index (χ3v) is 8.83. The smallest absolute Gasteiger partial charge is 0.545 e. The Labute approximate surface area is 430 Å². The number of carboxylic acid groups (broad SMARTS) is 4. The molecular formula is C52H72O12Sn2. The van der Waals surface area contributed by atoms with Gasteiger partial charge in [-0.1, -0.05) is 170 Å². The van der Waals surface area contributed by atoms with Crippen molar-refractivity contribution in [3.8, 4) is 11.5 Å². The van der Waals surface area contributed by atoms with E-state index in [1.807, 2.05) is 24.3 Å². The number of aliphatic carboxylic acids is 4. The largest absolute Gasteiger partial charge is 2.00 e. The van der Waals surface area contributed by atoms with E-state index in [-0.39, 0.29) is 47.8 Å². The molecule has 14 heteroatoms. The van der Waals surface area contributed by atoms with Gasteiger partial charge in [-0.25, -0.2) is 9.59 Å². The molecule has 0 aliphatic heterocycles. The van der Waals surface area contributed by atoms with Crippen molar-refractivity contribution < 1.29 is 58.7 Å². The number of carboxylic acids is 4. The van der Waals surface area contributed by atoms with E-state index in [1.165, 1.54) is 101 Å². The molecule has 0 aromatic heterocycles. The van der Waals surface area contributed by atoms with Crippen molar-refractivity contribution in [2.75, 3.05) is 0 Å². The van der Waals surface area contributed by atoms with E-state index in [1.54, 1.807) is 24.3 Å². The first-order chi connectivity index (χ1) is 30.6. The van der Waals surface area contributed by atoms with Crippen LogP contribution in [0.1, 0.15) is 166 Å². The molecule has 0 amide bonds. The molecule has 0 bridgehead atoms. The van der Waals surface area contributed by atoms with Gasteiger partial charge in [-0.3, -0.25) is 0 Å². The van der Waals surface area contributed by atoms with Crippen LogP contribution in [0.3, 0.4) is 0 Å². The fourth-order valence-corrected chi connectivity index (χ4v) is 5.20. The van der Waals surface area contributed by atoms with Crippen LogP contribution >= 0.6 is 0 Å². The van der Waals surface area contributed by atoms with Crippen LogP contribution in [0.2, 0.25) is 0 Å². The quantitative estimate of drug-likeness (QED) is 0.0842. The van der Waals surface area contributed by atoms with Gasteiger partial charge >= 0.3 is 59.8 Å². The molecule has 2 saturated carbocycles. The zero-order valence-corrected chi connectivity index (χ0v) is 45.4. The second-order valence-electron chi connectivity index (χ2n) is 14.3. The summed E-state index contributed by atoms with van der Waals surface area (Å²) >= 11 is 0. The molecule has 0 unspecified atom stereocenters. The summed E-state index contributed by atoms with van der Waals surface area (Å²) in [6, 6.07) is 14.9. The van der Waals surface area contributed by atoms with Crippen molar-refractivity contribution >= 4 is 83.6 Å². The van der Waals surface area contributed by atoms with Gasteiger partial charge in [0.2, 0.25) is 0 Å². The number of unbranched alkanes of at least 4 members (excludes halogenated alkanes) is 4. The van der Waals surface area contributed by atoms with Crippen LogP contribution < -0.4 is 29.9 Å². The van der Waals surface area contributed by atoms with E-state index in [9.17, 15) is 49.2 Å². The summed E-state index contributed by atoms with van der Waals surface area (Å²) in [5.74, 6) is -5.35. The maximum absolute atomic E-state index is 11.3. The molecular weight excluding hydrogens is 1050 g/mol. The van der Waals surface area contributed by atoms with Crippen molar-refractivity contribution in [2.45, 2.75) is 155 Å². The SMILES string of the molecule is O=C([O-])/C=C\C(=O)Oc1ccc(C2CCCCC2)cc1.O=C([O-])/C=C\C(=O)Oc1ccc(C2CCCCC2)cc1.O=C([O-])/C=C\C(=O)[O-].[CH2]CCC.[CH2]CCC.[CH2]CCC.[CH2]CCC.[Sn+2].[Sn+2]. The fourth-order valence-electron chi connectivity index (χ4n) is 5.20. The zero-order valence-electron chi connectivity index (χ0n) is 39.7. The molecule has 8 radical (unpaired) electrons. The number of hydrogen-bond donors (Lipinski definition) is 0. The monoisotopic (exact) mass is 1130 g/mol. The van der Waals surface area contributed by atoms with Crippen LogP contribution in [0.5, 0.6) is 11.5 Å². The first-order valence-electron chi connectivity index (χ1n) is 22.3.